The highest BCUT2D eigenvalue weighted by Gasteiger charge is 2.10. The monoisotopic (exact) mass is 318 g/mol. The molecule has 0 saturated heterocycles. The van der Waals surface area contributed by atoms with Crippen molar-refractivity contribution < 1.29 is 9.53 Å². The van der Waals surface area contributed by atoms with Gasteiger partial charge in [-0.25, -0.2) is 9.97 Å². The van der Waals surface area contributed by atoms with E-state index < -0.39 is 0 Å². The fourth-order valence-corrected chi connectivity index (χ4v) is 1.93. The van der Waals surface area contributed by atoms with Crippen LogP contribution in [0.3, 0.4) is 0 Å². The van der Waals surface area contributed by atoms with E-state index >= 15 is 0 Å². The molecule has 0 aliphatic rings. The number of anilines is 2. The Hall–Kier alpha value is -2.60. The van der Waals surface area contributed by atoms with Crippen molar-refractivity contribution >= 4 is 29.1 Å². The predicted molar refractivity (Wildman–Crippen MR) is 86.7 cm³/mol. The molecular formula is C15H15ClN4O2. The van der Waals surface area contributed by atoms with Crippen LogP contribution in [0.4, 0.5) is 11.6 Å². The van der Waals surface area contributed by atoms with Crippen LogP contribution in [0.2, 0.25) is 5.02 Å². The van der Waals surface area contributed by atoms with Crippen molar-refractivity contribution in [2.45, 2.75) is 0 Å². The maximum atomic E-state index is 12.2. The Bertz CT molecular complexity index is 691. The number of carbonyl (C=O) groups excluding carboxylic acids is 1. The molecule has 0 saturated carbocycles. The van der Waals surface area contributed by atoms with Gasteiger partial charge in [-0.05, 0) is 24.3 Å². The van der Waals surface area contributed by atoms with E-state index in [0.29, 0.717) is 29.0 Å². The van der Waals surface area contributed by atoms with Crippen LogP contribution in [0.25, 0.3) is 0 Å². The van der Waals surface area contributed by atoms with E-state index in [9.17, 15) is 4.79 Å². The fraction of sp³-hybridized carbons (Fsp3) is 0.133. The average Bonchev–Trinajstić information content (AvgIpc) is 2.53. The number of aromatic nitrogens is 2. The van der Waals surface area contributed by atoms with Crippen molar-refractivity contribution in [3.05, 3.63) is 53.8 Å². The molecule has 0 aliphatic carbocycles. The van der Waals surface area contributed by atoms with Gasteiger partial charge in [0.05, 0.1) is 12.1 Å². The summed E-state index contributed by atoms with van der Waals surface area (Å²) >= 11 is 6.02. The number of halogens is 1. The van der Waals surface area contributed by atoms with Gasteiger partial charge in [-0.1, -0.05) is 17.7 Å². The quantitative estimate of drug-likeness (QED) is 0.801. The number of ether oxygens (including phenoxy) is 1. The first-order valence-electron chi connectivity index (χ1n) is 6.46. The molecule has 1 aromatic heterocycles. The topological polar surface area (TPSA) is 76.1 Å². The van der Waals surface area contributed by atoms with Gasteiger partial charge in [0.1, 0.15) is 11.4 Å². The summed E-state index contributed by atoms with van der Waals surface area (Å²) < 4.78 is 5.06. The summed E-state index contributed by atoms with van der Waals surface area (Å²) in [5, 5.41) is 6.05. The number of rotatable bonds is 6. The summed E-state index contributed by atoms with van der Waals surface area (Å²) in [6, 6.07) is 6.51. The minimum absolute atomic E-state index is 0.244. The number of carbonyl (C=O) groups is 1. The normalized spacial score (nSPS) is 9.91. The summed E-state index contributed by atoms with van der Waals surface area (Å²) in [6.45, 7) is 4.10. The largest absolute Gasteiger partial charge is 0.495 e. The van der Waals surface area contributed by atoms with Crippen LogP contribution in [0.15, 0.2) is 43.1 Å². The first kappa shape index (κ1) is 15.8. The van der Waals surface area contributed by atoms with Crippen molar-refractivity contribution in [1.82, 2.24) is 9.97 Å². The van der Waals surface area contributed by atoms with Gasteiger partial charge >= 0.3 is 0 Å². The van der Waals surface area contributed by atoms with Gasteiger partial charge in [0.2, 0.25) is 5.95 Å². The van der Waals surface area contributed by atoms with Gasteiger partial charge in [-0.2, -0.15) is 0 Å². The Balaban J connectivity index is 2.11. The van der Waals surface area contributed by atoms with Gasteiger partial charge < -0.3 is 15.4 Å². The molecule has 2 aromatic rings. The zero-order chi connectivity index (χ0) is 15.9. The molecule has 2 rings (SSSR count). The van der Waals surface area contributed by atoms with Crippen LogP contribution in [0, 0.1) is 0 Å². The highest BCUT2D eigenvalue weighted by molar-refractivity contribution is 6.32. The molecule has 7 heteroatoms. The summed E-state index contributed by atoms with van der Waals surface area (Å²) in [5.74, 6) is 0.545. The molecule has 1 amide bonds. The van der Waals surface area contributed by atoms with Gasteiger partial charge in [-0.3, -0.25) is 4.79 Å². The molecule has 6 nitrogen and oxygen atoms in total. The highest BCUT2D eigenvalue weighted by atomic mass is 35.5. The molecule has 0 atom stereocenters. The van der Waals surface area contributed by atoms with E-state index in [4.69, 9.17) is 16.3 Å². The molecule has 0 bridgehead atoms. The maximum absolute atomic E-state index is 12.2. The summed E-state index contributed by atoms with van der Waals surface area (Å²) in [4.78, 5) is 20.3. The minimum atomic E-state index is -0.356. The van der Waals surface area contributed by atoms with Gasteiger partial charge in [0, 0.05) is 18.4 Å². The SMILES string of the molecule is C=CCNc1nccc(C(=O)Nc2ccc(OC)c(Cl)c2)n1. The third-order valence-corrected chi connectivity index (χ3v) is 3.00. The maximum Gasteiger partial charge on any atom is 0.274 e. The summed E-state index contributed by atoms with van der Waals surface area (Å²) in [7, 11) is 1.53. The Morgan fingerprint density at radius 1 is 1.45 bits per heavy atom. The van der Waals surface area contributed by atoms with Crippen LogP contribution in [-0.2, 0) is 0 Å². The second kappa shape index (κ2) is 7.42. The highest BCUT2D eigenvalue weighted by Crippen LogP contribution is 2.27. The molecule has 0 radical (unpaired) electrons. The van der Waals surface area contributed by atoms with Crippen LogP contribution in [0.5, 0.6) is 5.75 Å². The van der Waals surface area contributed by atoms with E-state index in [1.54, 1.807) is 24.3 Å². The second-order valence-electron chi connectivity index (χ2n) is 4.24. The van der Waals surface area contributed by atoms with Gasteiger partial charge in [-0.15, -0.1) is 6.58 Å². The third kappa shape index (κ3) is 3.95. The molecule has 1 heterocycles. The van der Waals surface area contributed by atoms with E-state index in [1.807, 2.05) is 0 Å². The lowest BCUT2D eigenvalue weighted by Crippen LogP contribution is -2.15. The van der Waals surface area contributed by atoms with E-state index in [-0.39, 0.29) is 11.6 Å². The third-order valence-electron chi connectivity index (χ3n) is 2.70. The van der Waals surface area contributed by atoms with Crippen molar-refractivity contribution in [2.24, 2.45) is 0 Å². The Labute approximate surface area is 133 Å². The lowest BCUT2D eigenvalue weighted by atomic mass is 10.3. The number of hydrogen-bond donors (Lipinski definition) is 2. The number of benzene rings is 1. The van der Waals surface area contributed by atoms with Gasteiger partial charge in [0.15, 0.2) is 0 Å². The molecule has 114 valence electrons. The molecule has 0 aliphatic heterocycles. The molecule has 2 N–H and O–H groups in total. The molecule has 0 unspecified atom stereocenters. The molecular weight excluding hydrogens is 304 g/mol. The van der Waals surface area contributed by atoms with E-state index in [0.717, 1.165) is 0 Å². The lowest BCUT2D eigenvalue weighted by Gasteiger charge is -2.08. The van der Waals surface area contributed by atoms with Crippen molar-refractivity contribution in [3.8, 4) is 5.75 Å². The Kier molecular flexibility index (Phi) is 5.32. The lowest BCUT2D eigenvalue weighted by molar-refractivity contribution is 0.102. The number of nitrogens with zero attached hydrogens (tertiary/aromatic N) is 2. The zero-order valence-corrected chi connectivity index (χ0v) is 12.7. The summed E-state index contributed by atoms with van der Waals surface area (Å²) in [5.41, 5.74) is 0.795. The first-order valence-corrected chi connectivity index (χ1v) is 6.84. The molecule has 22 heavy (non-hydrogen) atoms. The number of nitrogens with one attached hydrogen (secondary N) is 2. The number of hydrogen-bond acceptors (Lipinski definition) is 5. The number of amides is 1. The fourth-order valence-electron chi connectivity index (χ4n) is 1.67. The molecule has 1 aromatic carbocycles. The van der Waals surface area contributed by atoms with Crippen LogP contribution >= 0.6 is 11.6 Å². The molecule has 0 fully saturated rings. The van der Waals surface area contributed by atoms with Crippen molar-refractivity contribution in [3.63, 3.8) is 0 Å². The van der Waals surface area contributed by atoms with Crippen molar-refractivity contribution in [1.29, 1.82) is 0 Å². The molecule has 0 spiro atoms. The summed E-state index contributed by atoms with van der Waals surface area (Å²) in [6.07, 6.45) is 3.18. The van der Waals surface area contributed by atoms with Crippen molar-refractivity contribution in [2.75, 3.05) is 24.3 Å². The standard InChI is InChI=1S/C15H15ClN4O2/c1-3-7-17-15-18-8-6-12(20-15)14(21)19-10-4-5-13(22-2)11(16)9-10/h3-6,8-9H,1,7H2,2H3,(H,19,21)(H,17,18,20). The zero-order valence-electron chi connectivity index (χ0n) is 12.0. The Morgan fingerprint density at radius 2 is 2.27 bits per heavy atom. The predicted octanol–water partition coefficient (Wildman–Crippen LogP) is 2.99. The van der Waals surface area contributed by atoms with Gasteiger partial charge in [0.25, 0.3) is 5.91 Å². The smallest absolute Gasteiger partial charge is 0.274 e. The second-order valence-corrected chi connectivity index (χ2v) is 4.65. The average molecular weight is 319 g/mol. The van der Waals surface area contributed by atoms with E-state index in [2.05, 4.69) is 27.2 Å². The van der Waals surface area contributed by atoms with Crippen LogP contribution < -0.4 is 15.4 Å². The van der Waals surface area contributed by atoms with Crippen LogP contribution in [-0.4, -0.2) is 29.5 Å². The minimum Gasteiger partial charge on any atom is -0.495 e. The number of methoxy groups -OCH3 is 1. The van der Waals surface area contributed by atoms with Crippen LogP contribution in [0.1, 0.15) is 10.5 Å². The van der Waals surface area contributed by atoms with E-state index in [1.165, 1.54) is 19.4 Å². The Morgan fingerprint density at radius 3 is 2.95 bits per heavy atom. The first-order chi connectivity index (χ1) is 10.6.